The van der Waals surface area contributed by atoms with Crippen molar-refractivity contribution in [2.24, 2.45) is 5.84 Å². The lowest BCUT2D eigenvalue weighted by Crippen LogP contribution is -2.30. The predicted molar refractivity (Wildman–Crippen MR) is 93.0 cm³/mol. The minimum Gasteiger partial charge on any atom is -0.495 e. The van der Waals surface area contributed by atoms with E-state index in [0.29, 0.717) is 22.2 Å². The highest BCUT2D eigenvalue weighted by molar-refractivity contribution is 8.35. The van der Waals surface area contributed by atoms with Crippen molar-refractivity contribution in [2.75, 3.05) is 37.8 Å². The number of hydrogen-bond acceptors (Lipinski definition) is 6. The van der Waals surface area contributed by atoms with Gasteiger partial charge in [-0.3, -0.25) is 0 Å². The van der Waals surface area contributed by atoms with E-state index in [-0.39, 0.29) is 6.61 Å². The Hall–Kier alpha value is -1.86. The van der Waals surface area contributed by atoms with Crippen LogP contribution in [0.3, 0.4) is 0 Å². The Morgan fingerprint density at radius 2 is 1.91 bits per heavy atom. The van der Waals surface area contributed by atoms with E-state index in [4.69, 9.17) is 15.3 Å². The number of methoxy groups -OCH3 is 1. The summed E-state index contributed by atoms with van der Waals surface area (Å²) in [5.41, 5.74) is 3.62. The van der Waals surface area contributed by atoms with E-state index in [0.717, 1.165) is 0 Å². The molecule has 1 aromatic carbocycles. The van der Waals surface area contributed by atoms with Gasteiger partial charge in [0.2, 0.25) is 0 Å². The Bertz CT molecular complexity index is 553. The standard InChI is InChI=1S/C15H25N3O3S/c1-6-21-15(19)13(14(18-16)22(3,4)5)17-11-9-7-8-10-12(11)20-2/h7-10,17-18H,6,16H2,1-5H3/b14-13+. The Balaban J connectivity index is 3.33. The Morgan fingerprint density at radius 3 is 2.41 bits per heavy atom. The van der Waals surface area contributed by atoms with Crippen LogP contribution < -0.4 is 21.3 Å². The van der Waals surface area contributed by atoms with Gasteiger partial charge in [0.1, 0.15) is 5.75 Å². The van der Waals surface area contributed by atoms with E-state index < -0.39 is 16.0 Å². The van der Waals surface area contributed by atoms with Crippen LogP contribution in [0, 0.1) is 0 Å². The van der Waals surface area contributed by atoms with Gasteiger partial charge < -0.3 is 20.2 Å². The molecule has 0 fully saturated rings. The molecule has 124 valence electrons. The van der Waals surface area contributed by atoms with E-state index in [1.54, 1.807) is 14.0 Å². The number of benzene rings is 1. The normalized spacial score (nSPS) is 13.0. The highest BCUT2D eigenvalue weighted by atomic mass is 32.3. The number of nitrogens with one attached hydrogen (secondary N) is 2. The highest BCUT2D eigenvalue weighted by Crippen LogP contribution is 2.44. The van der Waals surface area contributed by atoms with Crippen LogP contribution in [0.2, 0.25) is 0 Å². The fraction of sp³-hybridized carbons (Fsp3) is 0.400. The zero-order valence-corrected chi connectivity index (χ0v) is 14.5. The first kappa shape index (κ1) is 18.2. The smallest absolute Gasteiger partial charge is 0.357 e. The molecule has 0 spiro atoms. The van der Waals surface area contributed by atoms with E-state index in [1.165, 1.54) is 0 Å². The van der Waals surface area contributed by atoms with Gasteiger partial charge in [0.05, 0.1) is 24.4 Å². The van der Waals surface area contributed by atoms with E-state index in [1.807, 2.05) is 43.0 Å². The summed E-state index contributed by atoms with van der Waals surface area (Å²) >= 11 is 0. The van der Waals surface area contributed by atoms with E-state index >= 15 is 0 Å². The van der Waals surface area contributed by atoms with Gasteiger partial charge in [-0.05, 0) is 37.8 Å². The second-order valence-electron chi connectivity index (χ2n) is 5.23. The van der Waals surface area contributed by atoms with Crippen molar-refractivity contribution in [3.05, 3.63) is 35.0 Å². The first-order valence-electron chi connectivity index (χ1n) is 6.81. The minimum absolute atomic E-state index is 0.285. The molecule has 0 atom stereocenters. The van der Waals surface area contributed by atoms with Crippen LogP contribution in [0.15, 0.2) is 35.0 Å². The Labute approximate surface area is 133 Å². The van der Waals surface area contributed by atoms with Gasteiger partial charge in [-0.15, -0.1) is 0 Å². The molecule has 0 saturated carbocycles. The van der Waals surface area contributed by atoms with Crippen molar-refractivity contribution in [3.8, 4) is 5.75 Å². The maximum Gasteiger partial charge on any atom is 0.357 e. The number of carbonyl (C=O) groups is 1. The number of para-hydroxylation sites is 2. The number of hydrogen-bond donors (Lipinski definition) is 3. The lowest BCUT2D eigenvalue weighted by molar-refractivity contribution is -0.138. The van der Waals surface area contributed by atoms with Gasteiger partial charge in [0.25, 0.3) is 0 Å². The quantitative estimate of drug-likeness (QED) is 0.307. The third kappa shape index (κ3) is 4.57. The van der Waals surface area contributed by atoms with Gasteiger partial charge in [-0.1, -0.05) is 12.1 Å². The van der Waals surface area contributed by atoms with Crippen LogP contribution >= 0.6 is 10.0 Å². The molecule has 0 heterocycles. The molecular formula is C15H25N3O3S. The number of carbonyl (C=O) groups excluding carboxylic acids is 1. The molecule has 1 rings (SSSR count). The number of rotatable bonds is 7. The number of hydrazine groups is 1. The van der Waals surface area contributed by atoms with Crippen LogP contribution in [0.25, 0.3) is 0 Å². The molecule has 0 aromatic heterocycles. The molecular weight excluding hydrogens is 302 g/mol. The monoisotopic (exact) mass is 327 g/mol. The van der Waals surface area contributed by atoms with Gasteiger partial charge in [0, 0.05) is 0 Å². The first-order chi connectivity index (χ1) is 10.3. The van der Waals surface area contributed by atoms with Crippen LogP contribution in [0.1, 0.15) is 6.92 Å². The van der Waals surface area contributed by atoms with Gasteiger partial charge in [0.15, 0.2) is 5.70 Å². The SMILES string of the molecule is CCOC(=O)/C(Nc1ccccc1OC)=C(/NN)S(C)(C)C. The summed E-state index contributed by atoms with van der Waals surface area (Å²) in [5, 5.41) is 3.74. The second-order valence-corrected chi connectivity index (χ2v) is 9.31. The summed E-state index contributed by atoms with van der Waals surface area (Å²) in [4.78, 5) is 12.3. The fourth-order valence-corrected chi connectivity index (χ4v) is 2.94. The number of nitrogens with two attached hydrogens (primary N) is 1. The molecule has 0 aliphatic carbocycles. The van der Waals surface area contributed by atoms with Crippen LogP contribution in [-0.4, -0.2) is 38.5 Å². The summed E-state index contributed by atoms with van der Waals surface area (Å²) in [6.45, 7) is 2.05. The van der Waals surface area contributed by atoms with Crippen LogP contribution in [0.4, 0.5) is 5.69 Å². The largest absolute Gasteiger partial charge is 0.495 e. The van der Waals surface area contributed by atoms with E-state index in [9.17, 15) is 4.79 Å². The van der Waals surface area contributed by atoms with Crippen LogP contribution in [0.5, 0.6) is 5.75 Å². The predicted octanol–water partition coefficient (Wildman–Crippen LogP) is 2.00. The Morgan fingerprint density at radius 1 is 1.27 bits per heavy atom. The molecule has 7 heteroatoms. The van der Waals surface area contributed by atoms with Gasteiger partial charge >= 0.3 is 5.97 Å². The lowest BCUT2D eigenvalue weighted by atomic mass is 10.3. The van der Waals surface area contributed by atoms with Crippen molar-refractivity contribution in [1.29, 1.82) is 0 Å². The van der Waals surface area contributed by atoms with E-state index in [2.05, 4.69) is 10.7 Å². The van der Waals surface area contributed by atoms with Crippen molar-refractivity contribution >= 4 is 21.7 Å². The van der Waals surface area contributed by atoms with Gasteiger partial charge in [-0.2, -0.15) is 0 Å². The molecule has 0 unspecified atom stereocenters. The van der Waals surface area contributed by atoms with Crippen molar-refractivity contribution in [2.45, 2.75) is 6.92 Å². The molecule has 0 radical (unpaired) electrons. The number of anilines is 1. The summed E-state index contributed by atoms with van der Waals surface area (Å²) in [6.07, 6.45) is 6.10. The molecule has 0 aliphatic rings. The first-order valence-corrected chi connectivity index (χ1v) is 9.67. The van der Waals surface area contributed by atoms with Crippen molar-refractivity contribution < 1.29 is 14.3 Å². The average molecular weight is 327 g/mol. The molecule has 0 amide bonds. The lowest BCUT2D eigenvalue weighted by Gasteiger charge is -2.30. The molecule has 0 saturated heterocycles. The summed E-state index contributed by atoms with van der Waals surface area (Å²) < 4.78 is 10.4. The molecule has 4 N–H and O–H groups in total. The number of esters is 1. The summed E-state index contributed by atoms with van der Waals surface area (Å²) in [7, 11) is 0.297. The zero-order valence-electron chi connectivity index (χ0n) is 13.7. The third-order valence-corrected chi connectivity index (χ3v) is 4.36. The maximum absolute atomic E-state index is 12.3. The minimum atomic E-state index is -1.28. The molecule has 22 heavy (non-hydrogen) atoms. The summed E-state index contributed by atoms with van der Waals surface area (Å²) in [5.74, 6) is 5.83. The van der Waals surface area contributed by atoms with Crippen LogP contribution in [-0.2, 0) is 9.53 Å². The van der Waals surface area contributed by atoms with Crippen molar-refractivity contribution in [3.63, 3.8) is 0 Å². The third-order valence-electron chi connectivity index (χ3n) is 2.82. The number of ether oxygens (including phenoxy) is 2. The second kappa shape index (κ2) is 7.95. The molecule has 0 bridgehead atoms. The summed E-state index contributed by atoms with van der Waals surface area (Å²) in [6, 6.07) is 7.34. The highest BCUT2D eigenvalue weighted by Gasteiger charge is 2.24. The maximum atomic E-state index is 12.3. The fourth-order valence-electron chi connectivity index (χ4n) is 1.84. The molecule has 6 nitrogen and oxygen atoms in total. The average Bonchev–Trinajstić information content (AvgIpc) is 2.46. The molecule has 1 aromatic rings. The van der Waals surface area contributed by atoms with Crippen molar-refractivity contribution in [1.82, 2.24) is 5.43 Å². The molecule has 0 aliphatic heterocycles. The van der Waals surface area contributed by atoms with Gasteiger partial charge in [-0.25, -0.2) is 20.7 Å². The zero-order chi connectivity index (χ0) is 16.8. The topological polar surface area (TPSA) is 85.6 Å². The Kier molecular flexibility index (Phi) is 6.58.